The van der Waals surface area contributed by atoms with Gasteiger partial charge in [-0.2, -0.15) is 8.78 Å². The minimum absolute atomic E-state index is 0.285. The molecule has 4 aliphatic carbocycles. The highest BCUT2D eigenvalue weighted by atomic mass is 19.3. The Morgan fingerprint density at radius 3 is 2.00 bits per heavy atom. The molecule has 0 heterocycles. The summed E-state index contributed by atoms with van der Waals surface area (Å²) in [7, 11) is 1.04. The van der Waals surface area contributed by atoms with E-state index in [0.717, 1.165) is 26.4 Å². The van der Waals surface area contributed by atoms with Crippen LogP contribution in [-0.2, 0) is 9.53 Å². The van der Waals surface area contributed by atoms with E-state index in [1.165, 1.54) is 19.3 Å². The lowest BCUT2D eigenvalue weighted by Crippen LogP contribution is -2.49. The molecule has 0 unspecified atom stereocenters. The van der Waals surface area contributed by atoms with Crippen LogP contribution in [0.15, 0.2) is 0 Å². The topological polar surface area (TPSA) is 26.3 Å². The van der Waals surface area contributed by atoms with Crippen molar-refractivity contribution in [2.75, 3.05) is 7.11 Å². The van der Waals surface area contributed by atoms with E-state index in [9.17, 15) is 13.6 Å². The average Bonchev–Trinajstić information content (AvgIpc) is 2.24. The molecule has 0 amide bonds. The fraction of sp³-hybridized carbons (Fsp3) is 0.929. The molecule has 0 spiro atoms. The van der Waals surface area contributed by atoms with E-state index >= 15 is 0 Å². The van der Waals surface area contributed by atoms with Gasteiger partial charge in [0, 0.05) is 6.42 Å². The van der Waals surface area contributed by atoms with Crippen LogP contribution in [0.25, 0.3) is 0 Å². The van der Waals surface area contributed by atoms with Gasteiger partial charge in [0.05, 0.1) is 7.11 Å². The Morgan fingerprint density at radius 2 is 1.61 bits per heavy atom. The molecule has 0 radical (unpaired) electrons. The van der Waals surface area contributed by atoms with Crippen LogP contribution in [0, 0.1) is 23.2 Å². The monoisotopic (exact) mass is 258 g/mol. The van der Waals surface area contributed by atoms with E-state index in [4.69, 9.17) is 0 Å². The molecule has 0 N–H and O–H groups in total. The van der Waals surface area contributed by atoms with Gasteiger partial charge in [-0.05, 0) is 61.7 Å². The number of ether oxygens (including phenoxy) is 1. The molecular weight excluding hydrogens is 238 g/mol. The normalized spacial score (nSPS) is 42.1. The van der Waals surface area contributed by atoms with E-state index in [1.807, 2.05) is 0 Å². The standard InChI is InChI=1S/C14H20F2O2/c1-18-12(17)14(15,16)8-13-5-9-2-10(6-13)4-11(3-9)7-13/h9-11H,2-8H2,1H3. The van der Waals surface area contributed by atoms with E-state index in [1.54, 1.807) is 0 Å². The summed E-state index contributed by atoms with van der Waals surface area (Å²) in [4.78, 5) is 11.2. The molecule has 4 rings (SSSR count). The van der Waals surface area contributed by atoms with Crippen LogP contribution in [0.5, 0.6) is 0 Å². The molecule has 4 fully saturated rings. The maximum Gasteiger partial charge on any atom is 0.376 e. The summed E-state index contributed by atoms with van der Waals surface area (Å²) in [6, 6.07) is 0. The second-order valence-electron chi connectivity index (χ2n) is 6.79. The zero-order valence-corrected chi connectivity index (χ0v) is 10.8. The lowest BCUT2D eigenvalue weighted by molar-refractivity contribution is -0.181. The fourth-order valence-electron chi connectivity index (χ4n) is 5.20. The third-order valence-corrected chi connectivity index (χ3v) is 5.25. The van der Waals surface area contributed by atoms with Crippen molar-refractivity contribution < 1.29 is 18.3 Å². The van der Waals surface area contributed by atoms with Gasteiger partial charge in [0.25, 0.3) is 0 Å². The minimum Gasteiger partial charge on any atom is -0.465 e. The van der Waals surface area contributed by atoms with Crippen LogP contribution < -0.4 is 0 Å². The minimum atomic E-state index is -3.31. The molecule has 2 nitrogen and oxygen atoms in total. The SMILES string of the molecule is COC(=O)C(F)(F)CC12CC3CC(CC(C3)C1)C2. The maximum atomic E-state index is 13.9. The summed E-state index contributed by atoms with van der Waals surface area (Å²) in [6.45, 7) is 0. The summed E-state index contributed by atoms with van der Waals surface area (Å²) in [6.07, 6.45) is 6.06. The first-order valence-electron chi connectivity index (χ1n) is 6.89. The number of alkyl halides is 2. The van der Waals surface area contributed by atoms with E-state index in [0.29, 0.717) is 17.8 Å². The molecule has 4 heteroatoms. The lowest BCUT2D eigenvalue weighted by atomic mass is 9.48. The molecule has 0 aromatic carbocycles. The van der Waals surface area contributed by atoms with Crippen molar-refractivity contribution >= 4 is 5.97 Å². The van der Waals surface area contributed by atoms with Gasteiger partial charge in [0.2, 0.25) is 0 Å². The van der Waals surface area contributed by atoms with Crippen LogP contribution in [0.2, 0.25) is 0 Å². The second kappa shape index (κ2) is 3.91. The van der Waals surface area contributed by atoms with Gasteiger partial charge < -0.3 is 4.74 Å². The summed E-state index contributed by atoms with van der Waals surface area (Å²) in [5.41, 5.74) is -0.285. The number of methoxy groups -OCH3 is 1. The van der Waals surface area contributed by atoms with Crippen molar-refractivity contribution in [2.45, 2.75) is 50.9 Å². The summed E-state index contributed by atoms with van der Waals surface area (Å²) in [5.74, 6) is -2.78. The molecule has 18 heavy (non-hydrogen) atoms. The average molecular weight is 258 g/mol. The number of rotatable bonds is 3. The van der Waals surface area contributed by atoms with Crippen molar-refractivity contribution in [3.05, 3.63) is 0 Å². The number of halogens is 2. The highest BCUT2D eigenvalue weighted by Crippen LogP contribution is 2.62. The van der Waals surface area contributed by atoms with Crippen LogP contribution in [0.4, 0.5) is 8.78 Å². The molecule has 0 aliphatic heterocycles. The van der Waals surface area contributed by atoms with Crippen molar-refractivity contribution in [1.82, 2.24) is 0 Å². The highest BCUT2D eigenvalue weighted by molar-refractivity contribution is 5.77. The van der Waals surface area contributed by atoms with Crippen molar-refractivity contribution in [3.63, 3.8) is 0 Å². The molecular formula is C14H20F2O2. The molecule has 4 bridgehead atoms. The summed E-state index contributed by atoms with van der Waals surface area (Å²) in [5, 5.41) is 0. The third kappa shape index (κ3) is 1.94. The molecule has 4 aliphatic rings. The Balaban J connectivity index is 1.78. The van der Waals surface area contributed by atoms with E-state index in [-0.39, 0.29) is 11.8 Å². The smallest absolute Gasteiger partial charge is 0.376 e. The Bertz CT molecular complexity index is 330. The van der Waals surface area contributed by atoms with Crippen LogP contribution in [0.3, 0.4) is 0 Å². The number of hydrogen-bond donors (Lipinski definition) is 0. The Morgan fingerprint density at radius 1 is 1.17 bits per heavy atom. The van der Waals surface area contributed by atoms with Gasteiger partial charge in [-0.1, -0.05) is 0 Å². The zero-order chi connectivity index (χ0) is 13.0. The Labute approximate surface area is 106 Å². The molecule has 0 aromatic rings. The van der Waals surface area contributed by atoms with E-state index in [2.05, 4.69) is 4.74 Å². The largest absolute Gasteiger partial charge is 0.465 e. The third-order valence-electron chi connectivity index (χ3n) is 5.25. The predicted molar refractivity (Wildman–Crippen MR) is 62.2 cm³/mol. The first-order chi connectivity index (χ1) is 8.42. The molecule has 0 aromatic heterocycles. The van der Waals surface area contributed by atoms with Gasteiger partial charge >= 0.3 is 11.9 Å². The molecule has 0 atom stereocenters. The van der Waals surface area contributed by atoms with Crippen LogP contribution in [-0.4, -0.2) is 19.0 Å². The lowest BCUT2D eigenvalue weighted by Gasteiger charge is -2.57. The van der Waals surface area contributed by atoms with Gasteiger partial charge in [0.1, 0.15) is 0 Å². The molecule has 0 saturated heterocycles. The van der Waals surface area contributed by atoms with Crippen LogP contribution >= 0.6 is 0 Å². The van der Waals surface area contributed by atoms with Gasteiger partial charge in [0.15, 0.2) is 0 Å². The predicted octanol–water partition coefficient (Wildman–Crippen LogP) is 3.40. The first-order valence-corrected chi connectivity index (χ1v) is 6.89. The van der Waals surface area contributed by atoms with Crippen LogP contribution in [0.1, 0.15) is 44.9 Å². The zero-order valence-electron chi connectivity index (χ0n) is 10.8. The van der Waals surface area contributed by atoms with Crippen molar-refractivity contribution in [1.29, 1.82) is 0 Å². The number of carbonyl (C=O) groups is 1. The molecule has 4 saturated carbocycles. The van der Waals surface area contributed by atoms with Gasteiger partial charge in [-0.15, -0.1) is 0 Å². The second-order valence-corrected chi connectivity index (χ2v) is 6.79. The Kier molecular flexibility index (Phi) is 2.69. The van der Waals surface area contributed by atoms with Gasteiger partial charge in [-0.25, -0.2) is 4.79 Å². The number of carbonyl (C=O) groups excluding carboxylic acids is 1. The number of esters is 1. The highest BCUT2D eigenvalue weighted by Gasteiger charge is 2.56. The maximum absolute atomic E-state index is 13.9. The quantitative estimate of drug-likeness (QED) is 0.725. The van der Waals surface area contributed by atoms with Crippen molar-refractivity contribution in [2.24, 2.45) is 23.2 Å². The van der Waals surface area contributed by atoms with Crippen molar-refractivity contribution in [3.8, 4) is 0 Å². The Hall–Kier alpha value is -0.670. The number of hydrogen-bond acceptors (Lipinski definition) is 2. The molecule has 102 valence electrons. The summed E-state index contributed by atoms with van der Waals surface area (Å²) >= 11 is 0. The first kappa shape index (κ1) is 12.4. The van der Waals surface area contributed by atoms with E-state index < -0.39 is 11.9 Å². The summed E-state index contributed by atoms with van der Waals surface area (Å²) < 4.78 is 31.9. The fourth-order valence-corrected chi connectivity index (χ4v) is 5.20. The van der Waals surface area contributed by atoms with Gasteiger partial charge in [-0.3, -0.25) is 0 Å².